The van der Waals surface area contributed by atoms with E-state index in [-0.39, 0.29) is 11.7 Å². The molecule has 150 valence electrons. The highest BCUT2D eigenvalue weighted by Crippen LogP contribution is 2.21. The lowest BCUT2D eigenvalue weighted by atomic mass is 10.1. The summed E-state index contributed by atoms with van der Waals surface area (Å²) >= 11 is 0. The first-order valence-corrected chi connectivity index (χ1v) is 9.35. The number of nitrogens with zero attached hydrogens (tertiary/aromatic N) is 3. The van der Waals surface area contributed by atoms with Crippen molar-refractivity contribution in [3.63, 3.8) is 0 Å². The third-order valence-corrected chi connectivity index (χ3v) is 4.47. The topological polar surface area (TPSA) is 45.7 Å². The van der Waals surface area contributed by atoms with E-state index in [1.807, 2.05) is 49.3 Å². The molecular weight excluding hydrogens is 369 g/mol. The van der Waals surface area contributed by atoms with Crippen molar-refractivity contribution in [1.29, 1.82) is 0 Å². The van der Waals surface area contributed by atoms with Crippen molar-refractivity contribution < 1.29 is 13.9 Å². The molecule has 1 amide bonds. The van der Waals surface area contributed by atoms with E-state index < -0.39 is 11.9 Å². The second kappa shape index (κ2) is 9.19. The van der Waals surface area contributed by atoms with Crippen LogP contribution in [0.15, 0.2) is 72.9 Å². The standard InChI is InChI=1S/C23H24FN3O2/c1-17(29-21-9-5-4-8-20(21)24)23(28)27(22-10-6-7-15-25-22)16-18-11-13-19(14-12-18)26(2)3/h4-15,17H,16H2,1-3H3/t17-/m1/s1. The summed E-state index contributed by atoms with van der Waals surface area (Å²) in [6.45, 7) is 1.94. The highest BCUT2D eigenvalue weighted by molar-refractivity contribution is 5.95. The number of halogens is 1. The molecule has 0 N–H and O–H groups in total. The maximum atomic E-state index is 13.9. The number of para-hydroxylation sites is 1. The summed E-state index contributed by atoms with van der Waals surface area (Å²) < 4.78 is 19.5. The van der Waals surface area contributed by atoms with E-state index in [9.17, 15) is 9.18 Å². The molecule has 0 aliphatic heterocycles. The lowest BCUT2D eigenvalue weighted by Gasteiger charge is -2.26. The number of anilines is 2. The molecule has 1 heterocycles. The number of carbonyl (C=O) groups is 1. The van der Waals surface area contributed by atoms with Crippen LogP contribution in [0.25, 0.3) is 0 Å². The van der Waals surface area contributed by atoms with Gasteiger partial charge in [0.25, 0.3) is 5.91 Å². The van der Waals surface area contributed by atoms with E-state index in [2.05, 4.69) is 4.98 Å². The Hall–Kier alpha value is -3.41. The Labute approximate surface area is 170 Å². The molecule has 0 unspecified atom stereocenters. The van der Waals surface area contributed by atoms with Gasteiger partial charge < -0.3 is 9.64 Å². The normalized spacial score (nSPS) is 11.6. The lowest BCUT2D eigenvalue weighted by Crippen LogP contribution is -2.40. The molecule has 0 fully saturated rings. The van der Waals surface area contributed by atoms with Crippen LogP contribution in [0.5, 0.6) is 5.75 Å². The molecule has 3 rings (SSSR count). The number of benzene rings is 2. The van der Waals surface area contributed by atoms with Crippen LogP contribution in [0.3, 0.4) is 0 Å². The van der Waals surface area contributed by atoms with Crippen molar-refractivity contribution in [1.82, 2.24) is 4.98 Å². The predicted octanol–water partition coefficient (Wildman–Crippen LogP) is 4.29. The van der Waals surface area contributed by atoms with Gasteiger partial charge >= 0.3 is 0 Å². The smallest absolute Gasteiger partial charge is 0.269 e. The Kier molecular flexibility index (Phi) is 6.44. The number of ether oxygens (including phenoxy) is 1. The largest absolute Gasteiger partial charge is 0.478 e. The summed E-state index contributed by atoms with van der Waals surface area (Å²) in [5, 5.41) is 0. The van der Waals surface area contributed by atoms with Crippen LogP contribution in [0.1, 0.15) is 12.5 Å². The molecule has 3 aromatic rings. The Morgan fingerprint density at radius 2 is 1.72 bits per heavy atom. The van der Waals surface area contributed by atoms with E-state index in [4.69, 9.17) is 4.74 Å². The molecule has 29 heavy (non-hydrogen) atoms. The maximum Gasteiger partial charge on any atom is 0.269 e. The molecule has 0 aliphatic rings. The number of amides is 1. The van der Waals surface area contributed by atoms with Crippen molar-refractivity contribution in [2.75, 3.05) is 23.9 Å². The highest BCUT2D eigenvalue weighted by atomic mass is 19.1. The fourth-order valence-electron chi connectivity index (χ4n) is 2.87. The molecular formula is C23H24FN3O2. The van der Waals surface area contributed by atoms with Gasteiger partial charge in [-0.3, -0.25) is 9.69 Å². The minimum absolute atomic E-state index is 0.0460. The summed E-state index contributed by atoms with van der Waals surface area (Å²) in [4.78, 5) is 21.0. The van der Waals surface area contributed by atoms with Crippen molar-refractivity contribution in [2.24, 2.45) is 0 Å². The van der Waals surface area contributed by atoms with Gasteiger partial charge in [-0.2, -0.15) is 0 Å². The van der Waals surface area contributed by atoms with Crippen LogP contribution < -0.4 is 14.5 Å². The Bertz CT molecular complexity index is 946. The molecule has 0 radical (unpaired) electrons. The van der Waals surface area contributed by atoms with E-state index in [1.54, 1.807) is 42.3 Å². The second-order valence-electron chi connectivity index (χ2n) is 6.86. The summed E-state index contributed by atoms with van der Waals surface area (Å²) in [7, 11) is 3.95. The summed E-state index contributed by atoms with van der Waals surface area (Å²) in [5.74, 6) is -0.248. The maximum absolute atomic E-state index is 13.9. The molecule has 1 aromatic heterocycles. The van der Waals surface area contributed by atoms with Gasteiger partial charge in [0.15, 0.2) is 17.7 Å². The van der Waals surface area contributed by atoms with Gasteiger partial charge in [-0.15, -0.1) is 0 Å². The minimum Gasteiger partial charge on any atom is -0.478 e. The van der Waals surface area contributed by atoms with Crippen molar-refractivity contribution in [3.8, 4) is 5.75 Å². The zero-order valence-electron chi connectivity index (χ0n) is 16.7. The Morgan fingerprint density at radius 1 is 1.03 bits per heavy atom. The van der Waals surface area contributed by atoms with Crippen molar-refractivity contribution in [2.45, 2.75) is 19.6 Å². The molecule has 2 aromatic carbocycles. The molecule has 1 atom stereocenters. The van der Waals surface area contributed by atoms with Gasteiger partial charge in [0.1, 0.15) is 5.82 Å². The minimum atomic E-state index is -0.880. The van der Waals surface area contributed by atoms with Crippen molar-refractivity contribution >= 4 is 17.4 Å². The van der Waals surface area contributed by atoms with E-state index in [0.29, 0.717) is 12.4 Å². The number of hydrogen-bond acceptors (Lipinski definition) is 4. The number of hydrogen-bond donors (Lipinski definition) is 0. The van der Waals surface area contributed by atoms with Gasteiger partial charge in [0.05, 0.1) is 6.54 Å². The number of rotatable bonds is 7. The van der Waals surface area contributed by atoms with Crippen LogP contribution in [0.4, 0.5) is 15.9 Å². The average Bonchev–Trinajstić information content (AvgIpc) is 2.74. The fourth-order valence-corrected chi connectivity index (χ4v) is 2.87. The van der Waals surface area contributed by atoms with Crippen molar-refractivity contribution in [3.05, 3.63) is 84.3 Å². The molecule has 0 spiro atoms. The van der Waals surface area contributed by atoms with Crippen LogP contribution >= 0.6 is 0 Å². The second-order valence-corrected chi connectivity index (χ2v) is 6.86. The number of pyridine rings is 1. The third kappa shape index (κ3) is 5.10. The third-order valence-electron chi connectivity index (χ3n) is 4.47. The summed E-state index contributed by atoms with van der Waals surface area (Å²) in [6.07, 6.45) is 0.752. The van der Waals surface area contributed by atoms with Crippen LogP contribution in [-0.2, 0) is 11.3 Å². The van der Waals surface area contributed by atoms with E-state index in [1.165, 1.54) is 12.1 Å². The predicted molar refractivity (Wildman–Crippen MR) is 113 cm³/mol. The van der Waals surface area contributed by atoms with Gasteiger partial charge in [-0.25, -0.2) is 9.37 Å². The summed E-state index contributed by atoms with van der Waals surface area (Å²) in [6, 6.07) is 19.4. The molecule has 0 aliphatic carbocycles. The molecule has 0 saturated carbocycles. The van der Waals surface area contributed by atoms with Gasteiger partial charge in [-0.1, -0.05) is 30.3 Å². The lowest BCUT2D eigenvalue weighted by molar-refractivity contribution is -0.124. The number of aromatic nitrogens is 1. The van der Waals surface area contributed by atoms with Crippen LogP contribution in [0.2, 0.25) is 0 Å². The first-order chi connectivity index (χ1) is 14.0. The van der Waals surface area contributed by atoms with Gasteiger partial charge in [0.2, 0.25) is 0 Å². The fraction of sp³-hybridized carbons (Fsp3) is 0.217. The highest BCUT2D eigenvalue weighted by Gasteiger charge is 2.25. The molecule has 6 heteroatoms. The zero-order valence-corrected chi connectivity index (χ0v) is 16.7. The van der Waals surface area contributed by atoms with Crippen LogP contribution in [0, 0.1) is 5.82 Å². The average molecular weight is 393 g/mol. The number of carbonyl (C=O) groups excluding carboxylic acids is 1. The quantitative estimate of drug-likeness (QED) is 0.601. The SMILES string of the molecule is C[C@@H](Oc1ccccc1F)C(=O)N(Cc1ccc(N(C)C)cc1)c1ccccn1. The zero-order chi connectivity index (χ0) is 20.8. The summed E-state index contributed by atoms with van der Waals surface area (Å²) in [5.41, 5.74) is 2.02. The van der Waals surface area contributed by atoms with Gasteiger partial charge in [-0.05, 0) is 48.9 Å². The monoisotopic (exact) mass is 393 g/mol. The van der Waals surface area contributed by atoms with E-state index in [0.717, 1.165) is 11.3 Å². The van der Waals surface area contributed by atoms with Crippen LogP contribution in [-0.4, -0.2) is 31.1 Å². The van der Waals surface area contributed by atoms with E-state index >= 15 is 0 Å². The first kappa shape index (κ1) is 20.3. The Morgan fingerprint density at radius 3 is 2.34 bits per heavy atom. The molecule has 0 bridgehead atoms. The Balaban J connectivity index is 1.83. The first-order valence-electron chi connectivity index (χ1n) is 9.35. The molecule has 5 nitrogen and oxygen atoms in total. The van der Waals surface area contributed by atoms with Gasteiger partial charge in [0, 0.05) is 26.0 Å². The molecule has 0 saturated heterocycles.